The molecule has 1 aromatic carbocycles. The first-order valence-electron chi connectivity index (χ1n) is 7.01. The van der Waals surface area contributed by atoms with Crippen LogP contribution in [0.5, 0.6) is 11.5 Å². The summed E-state index contributed by atoms with van der Waals surface area (Å²) in [6.45, 7) is 4.35. The summed E-state index contributed by atoms with van der Waals surface area (Å²) in [5.74, 6) is -0.481. The predicted octanol–water partition coefficient (Wildman–Crippen LogP) is 1.16. The van der Waals surface area contributed by atoms with Crippen molar-refractivity contribution in [1.29, 1.82) is 5.26 Å². The highest BCUT2D eigenvalue weighted by Gasteiger charge is 2.26. The van der Waals surface area contributed by atoms with Gasteiger partial charge in [-0.05, 0) is 18.6 Å². The molecule has 2 N–H and O–H groups in total. The van der Waals surface area contributed by atoms with Crippen molar-refractivity contribution in [3.8, 4) is 17.6 Å². The lowest BCUT2D eigenvalue weighted by atomic mass is 10.1. The molecule has 112 valence electrons. The van der Waals surface area contributed by atoms with Crippen molar-refractivity contribution in [2.75, 3.05) is 26.2 Å². The van der Waals surface area contributed by atoms with E-state index in [1.54, 1.807) is 4.90 Å². The van der Waals surface area contributed by atoms with E-state index in [2.05, 4.69) is 11.0 Å². The molecular formula is C15H19N3O3. The first-order chi connectivity index (χ1) is 10.0. The molecule has 6 nitrogen and oxygen atoms in total. The van der Waals surface area contributed by atoms with Crippen LogP contribution >= 0.6 is 0 Å². The summed E-state index contributed by atoms with van der Waals surface area (Å²) in [4.78, 5) is 16.1. The number of amides is 1. The van der Waals surface area contributed by atoms with Gasteiger partial charge in [0.25, 0.3) is 5.91 Å². The maximum atomic E-state index is 12.3. The summed E-state index contributed by atoms with van der Waals surface area (Å²) in [5, 5.41) is 28.0. The maximum absolute atomic E-state index is 12.3. The molecule has 2 rings (SSSR count). The first-order valence-corrected chi connectivity index (χ1v) is 7.01. The van der Waals surface area contributed by atoms with Crippen LogP contribution in [0.2, 0.25) is 0 Å². The standard InChI is InChI=1S/C15H19N3O3/c1-2-12(10-16)17-3-5-18(6-4-17)15(21)11-7-13(19)9-14(20)8-11/h7-9,12,19-20H,2-6H2,1H3. The number of hydrogen-bond donors (Lipinski definition) is 2. The van der Waals surface area contributed by atoms with Crippen LogP contribution in [0.15, 0.2) is 18.2 Å². The number of phenols is 2. The van der Waals surface area contributed by atoms with Crippen molar-refractivity contribution in [1.82, 2.24) is 9.80 Å². The molecule has 0 radical (unpaired) electrons. The second-order valence-corrected chi connectivity index (χ2v) is 5.12. The number of nitrogens with zero attached hydrogens (tertiary/aromatic N) is 3. The zero-order valence-corrected chi connectivity index (χ0v) is 12.0. The molecular weight excluding hydrogens is 270 g/mol. The fourth-order valence-corrected chi connectivity index (χ4v) is 2.57. The highest BCUT2D eigenvalue weighted by Crippen LogP contribution is 2.22. The summed E-state index contributed by atoms with van der Waals surface area (Å²) in [6.07, 6.45) is 0.769. The summed E-state index contributed by atoms with van der Waals surface area (Å²) >= 11 is 0. The third-order valence-corrected chi connectivity index (χ3v) is 3.73. The maximum Gasteiger partial charge on any atom is 0.254 e. The molecule has 1 amide bonds. The zero-order valence-electron chi connectivity index (χ0n) is 12.0. The Morgan fingerprint density at radius 2 is 1.81 bits per heavy atom. The van der Waals surface area contributed by atoms with Crippen LogP contribution in [0.3, 0.4) is 0 Å². The Morgan fingerprint density at radius 1 is 1.24 bits per heavy atom. The van der Waals surface area contributed by atoms with Crippen molar-refractivity contribution in [2.45, 2.75) is 19.4 Å². The third kappa shape index (κ3) is 3.44. The zero-order chi connectivity index (χ0) is 15.4. The normalized spacial score (nSPS) is 17.2. The van der Waals surface area contributed by atoms with E-state index in [9.17, 15) is 15.0 Å². The summed E-state index contributed by atoms with van der Waals surface area (Å²) in [5.41, 5.74) is 0.272. The number of phenolic OH excluding ortho intramolecular Hbond substituents is 2. The Kier molecular flexibility index (Phi) is 4.66. The van der Waals surface area contributed by atoms with Gasteiger partial charge in [-0.2, -0.15) is 5.26 Å². The highest BCUT2D eigenvalue weighted by molar-refractivity contribution is 5.95. The van der Waals surface area contributed by atoms with Gasteiger partial charge in [0.1, 0.15) is 11.5 Å². The minimum atomic E-state index is -0.217. The van der Waals surface area contributed by atoms with E-state index in [0.717, 1.165) is 6.42 Å². The second-order valence-electron chi connectivity index (χ2n) is 5.12. The molecule has 0 spiro atoms. The van der Waals surface area contributed by atoms with Crippen LogP contribution in [-0.4, -0.2) is 58.1 Å². The summed E-state index contributed by atoms with van der Waals surface area (Å²) < 4.78 is 0. The largest absolute Gasteiger partial charge is 0.508 e. The van der Waals surface area contributed by atoms with Gasteiger partial charge >= 0.3 is 0 Å². The fourth-order valence-electron chi connectivity index (χ4n) is 2.57. The highest BCUT2D eigenvalue weighted by atomic mass is 16.3. The lowest BCUT2D eigenvalue weighted by Crippen LogP contribution is -2.51. The number of rotatable bonds is 3. The number of nitriles is 1. The van der Waals surface area contributed by atoms with E-state index in [0.29, 0.717) is 26.2 Å². The minimum absolute atomic E-state index is 0.105. The van der Waals surface area contributed by atoms with E-state index in [1.807, 2.05) is 6.92 Å². The van der Waals surface area contributed by atoms with Gasteiger partial charge in [-0.15, -0.1) is 0 Å². The van der Waals surface area contributed by atoms with E-state index < -0.39 is 0 Å². The lowest BCUT2D eigenvalue weighted by Gasteiger charge is -2.36. The summed E-state index contributed by atoms with van der Waals surface area (Å²) in [6, 6.07) is 6.04. The molecule has 0 aromatic heterocycles. The Hall–Kier alpha value is -2.26. The molecule has 1 unspecified atom stereocenters. The number of carbonyl (C=O) groups is 1. The molecule has 1 aromatic rings. The second kappa shape index (κ2) is 6.46. The van der Waals surface area contributed by atoms with Crippen molar-refractivity contribution >= 4 is 5.91 Å². The van der Waals surface area contributed by atoms with Gasteiger partial charge in [-0.25, -0.2) is 0 Å². The number of aromatic hydroxyl groups is 2. The quantitative estimate of drug-likeness (QED) is 0.871. The van der Waals surface area contributed by atoms with Crippen molar-refractivity contribution in [2.24, 2.45) is 0 Å². The van der Waals surface area contributed by atoms with Crippen LogP contribution in [-0.2, 0) is 0 Å². The fraction of sp³-hybridized carbons (Fsp3) is 0.467. The SMILES string of the molecule is CCC(C#N)N1CCN(C(=O)c2cc(O)cc(O)c2)CC1. The number of hydrogen-bond acceptors (Lipinski definition) is 5. The van der Waals surface area contributed by atoms with E-state index in [1.165, 1.54) is 18.2 Å². The van der Waals surface area contributed by atoms with E-state index >= 15 is 0 Å². The number of benzene rings is 1. The van der Waals surface area contributed by atoms with Crippen molar-refractivity contribution < 1.29 is 15.0 Å². The van der Waals surface area contributed by atoms with Gasteiger partial charge in [-0.1, -0.05) is 6.92 Å². The van der Waals surface area contributed by atoms with Crippen LogP contribution in [0, 0.1) is 11.3 Å². The van der Waals surface area contributed by atoms with E-state index in [-0.39, 0.29) is 29.0 Å². The lowest BCUT2D eigenvalue weighted by molar-refractivity contribution is 0.0604. The Labute approximate surface area is 123 Å². The molecule has 1 aliphatic rings. The molecule has 21 heavy (non-hydrogen) atoms. The molecule has 1 atom stereocenters. The van der Waals surface area contributed by atoms with Gasteiger partial charge < -0.3 is 15.1 Å². The van der Waals surface area contributed by atoms with Gasteiger partial charge in [0.05, 0.1) is 12.1 Å². The predicted molar refractivity (Wildman–Crippen MR) is 76.9 cm³/mol. The van der Waals surface area contributed by atoms with Crippen LogP contribution < -0.4 is 0 Å². The molecule has 1 aliphatic heterocycles. The van der Waals surface area contributed by atoms with Gasteiger partial charge in [0.15, 0.2) is 0 Å². The van der Waals surface area contributed by atoms with Crippen molar-refractivity contribution in [3.05, 3.63) is 23.8 Å². The monoisotopic (exact) mass is 289 g/mol. The Bertz CT molecular complexity index is 540. The molecule has 6 heteroatoms. The van der Waals surface area contributed by atoms with Gasteiger partial charge in [0.2, 0.25) is 0 Å². The van der Waals surface area contributed by atoms with Crippen LogP contribution in [0.1, 0.15) is 23.7 Å². The molecule has 0 aliphatic carbocycles. The van der Waals surface area contributed by atoms with Crippen LogP contribution in [0.25, 0.3) is 0 Å². The smallest absolute Gasteiger partial charge is 0.254 e. The average Bonchev–Trinajstić information content (AvgIpc) is 2.47. The van der Waals surface area contributed by atoms with Crippen LogP contribution in [0.4, 0.5) is 0 Å². The Morgan fingerprint density at radius 3 is 2.29 bits per heavy atom. The molecule has 0 bridgehead atoms. The van der Waals surface area contributed by atoms with Crippen molar-refractivity contribution in [3.63, 3.8) is 0 Å². The molecule has 1 saturated heterocycles. The third-order valence-electron chi connectivity index (χ3n) is 3.73. The number of carbonyl (C=O) groups excluding carboxylic acids is 1. The minimum Gasteiger partial charge on any atom is -0.508 e. The first kappa shape index (κ1) is 15.1. The van der Waals surface area contributed by atoms with Gasteiger partial charge in [-0.3, -0.25) is 9.69 Å². The van der Waals surface area contributed by atoms with E-state index in [4.69, 9.17) is 5.26 Å². The molecule has 1 heterocycles. The van der Waals surface area contributed by atoms with Gasteiger partial charge in [0, 0.05) is 37.8 Å². The molecule has 0 saturated carbocycles. The molecule has 1 fully saturated rings. The topological polar surface area (TPSA) is 87.8 Å². The Balaban J connectivity index is 2.02. The summed E-state index contributed by atoms with van der Waals surface area (Å²) in [7, 11) is 0. The average molecular weight is 289 g/mol. The number of piperazine rings is 1.